The maximum Gasteiger partial charge on any atom is 0.306 e. The molecule has 1 aliphatic rings. The van der Waals surface area contributed by atoms with E-state index in [9.17, 15) is 4.79 Å². The molecule has 0 saturated heterocycles. The fraction of sp³-hybridized carbons (Fsp3) is 0.667. The normalized spacial score (nSPS) is 19.1. The van der Waals surface area contributed by atoms with E-state index in [1.54, 1.807) is 7.11 Å². The molecule has 0 radical (unpaired) electrons. The van der Waals surface area contributed by atoms with E-state index in [0.717, 1.165) is 55.7 Å². The second kappa shape index (κ2) is 12.9. The first-order chi connectivity index (χ1) is 17.0. The van der Waals surface area contributed by atoms with E-state index in [1.807, 2.05) is 39.0 Å². The fourth-order valence-corrected chi connectivity index (χ4v) is 5.19. The molecule has 1 saturated carbocycles. The molecular weight excluding hydrogens is 454 g/mol. The second-order valence-electron chi connectivity index (χ2n) is 12.2. The summed E-state index contributed by atoms with van der Waals surface area (Å²) in [6, 6.07) is 12.2. The molecule has 0 spiro atoms. The molecule has 2 aromatic rings. The van der Waals surface area contributed by atoms with Gasteiger partial charge >= 0.3 is 5.97 Å². The van der Waals surface area contributed by atoms with Gasteiger partial charge in [-0.25, -0.2) is 0 Å². The van der Waals surface area contributed by atoms with Crippen LogP contribution in [-0.2, 0) is 25.6 Å². The third kappa shape index (κ3) is 9.36. The van der Waals surface area contributed by atoms with E-state index < -0.39 is 5.60 Å². The van der Waals surface area contributed by atoms with Gasteiger partial charge in [-0.1, -0.05) is 49.3 Å². The minimum Gasteiger partial charge on any atom is -0.460 e. The molecule has 1 heterocycles. The topological polar surface area (TPSA) is 70.8 Å². The SMILES string of the molecule is COCC(C)(C)CC1CC(c2cc([C@@H](CCCOCc3ccccc3)CC(=O)OC(C)(C)C)no2)C1. The van der Waals surface area contributed by atoms with Crippen molar-refractivity contribution in [1.82, 2.24) is 5.16 Å². The molecule has 0 unspecified atom stereocenters. The van der Waals surface area contributed by atoms with Gasteiger partial charge in [0.25, 0.3) is 0 Å². The van der Waals surface area contributed by atoms with Crippen molar-refractivity contribution >= 4 is 5.97 Å². The van der Waals surface area contributed by atoms with Crippen LogP contribution in [0.15, 0.2) is 40.9 Å². The number of methoxy groups -OCH3 is 1. The maximum absolute atomic E-state index is 12.6. The highest BCUT2D eigenvalue weighted by Gasteiger charge is 2.37. The highest BCUT2D eigenvalue weighted by molar-refractivity contribution is 5.71. The van der Waals surface area contributed by atoms with Gasteiger partial charge in [0.1, 0.15) is 11.4 Å². The van der Waals surface area contributed by atoms with E-state index in [4.69, 9.17) is 18.7 Å². The van der Waals surface area contributed by atoms with Crippen LogP contribution in [0.2, 0.25) is 0 Å². The second-order valence-corrected chi connectivity index (χ2v) is 12.2. The van der Waals surface area contributed by atoms with E-state index >= 15 is 0 Å². The molecule has 3 rings (SSSR count). The van der Waals surface area contributed by atoms with Crippen molar-refractivity contribution in [2.75, 3.05) is 20.3 Å². The van der Waals surface area contributed by atoms with Crippen molar-refractivity contribution in [1.29, 1.82) is 0 Å². The summed E-state index contributed by atoms with van der Waals surface area (Å²) in [4.78, 5) is 12.6. The predicted molar refractivity (Wildman–Crippen MR) is 141 cm³/mol. The number of rotatable bonds is 14. The van der Waals surface area contributed by atoms with Crippen LogP contribution in [0.1, 0.15) is 102 Å². The maximum atomic E-state index is 12.6. The standard InChI is InChI=1S/C30H45NO5/c1-29(2,3)35-28(32)17-24(13-10-14-34-20-22-11-8-7-9-12-22)26-18-27(36-31-26)25-15-23(16-25)19-30(4,5)21-33-6/h7-9,11-12,18,23-25H,10,13-17,19-21H2,1-6H3/t23?,24-,25?/m0/s1. The molecule has 6 nitrogen and oxygen atoms in total. The summed E-state index contributed by atoms with van der Waals surface area (Å²) < 4.78 is 22.6. The minimum atomic E-state index is -0.507. The Morgan fingerprint density at radius 3 is 2.53 bits per heavy atom. The van der Waals surface area contributed by atoms with Crippen molar-refractivity contribution in [2.24, 2.45) is 11.3 Å². The van der Waals surface area contributed by atoms with Crippen LogP contribution in [0.3, 0.4) is 0 Å². The lowest BCUT2D eigenvalue weighted by Crippen LogP contribution is -2.29. The quantitative estimate of drug-likeness (QED) is 0.205. The molecule has 0 N–H and O–H groups in total. The summed E-state index contributed by atoms with van der Waals surface area (Å²) in [5.41, 5.74) is 1.70. The largest absolute Gasteiger partial charge is 0.460 e. The molecule has 1 aromatic heterocycles. The van der Waals surface area contributed by atoms with E-state index in [0.29, 0.717) is 31.5 Å². The molecule has 1 aromatic carbocycles. The average molecular weight is 500 g/mol. The number of esters is 1. The van der Waals surface area contributed by atoms with Crippen LogP contribution < -0.4 is 0 Å². The number of hydrogen-bond donors (Lipinski definition) is 0. The van der Waals surface area contributed by atoms with Gasteiger partial charge in [0.2, 0.25) is 0 Å². The first kappa shape index (κ1) is 28.4. The monoisotopic (exact) mass is 499 g/mol. The highest BCUT2D eigenvalue weighted by Crippen LogP contribution is 2.47. The van der Waals surface area contributed by atoms with Gasteiger partial charge in [0.05, 0.1) is 25.3 Å². The Labute approximate surface area is 217 Å². The number of carbonyl (C=O) groups excluding carboxylic acids is 1. The lowest BCUT2D eigenvalue weighted by atomic mass is 9.67. The fourth-order valence-electron chi connectivity index (χ4n) is 5.19. The summed E-state index contributed by atoms with van der Waals surface area (Å²) in [6.45, 7) is 12.2. The summed E-state index contributed by atoms with van der Waals surface area (Å²) in [7, 11) is 1.77. The summed E-state index contributed by atoms with van der Waals surface area (Å²) in [5.74, 6) is 1.79. The van der Waals surface area contributed by atoms with Crippen LogP contribution >= 0.6 is 0 Å². The zero-order valence-corrected chi connectivity index (χ0v) is 23.0. The first-order valence-corrected chi connectivity index (χ1v) is 13.3. The van der Waals surface area contributed by atoms with Crippen LogP contribution in [0.5, 0.6) is 0 Å². The van der Waals surface area contributed by atoms with Gasteiger partial charge in [-0.2, -0.15) is 0 Å². The lowest BCUT2D eigenvalue weighted by molar-refractivity contribution is -0.155. The average Bonchev–Trinajstić information content (AvgIpc) is 3.24. The van der Waals surface area contributed by atoms with Crippen LogP contribution in [0, 0.1) is 11.3 Å². The molecule has 0 amide bonds. The Hall–Kier alpha value is -2.18. The molecule has 200 valence electrons. The van der Waals surface area contributed by atoms with E-state index in [-0.39, 0.29) is 17.3 Å². The van der Waals surface area contributed by atoms with Gasteiger partial charge in [-0.3, -0.25) is 4.79 Å². The van der Waals surface area contributed by atoms with Crippen molar-refractivity contribution < 1.29 is 23.5 Å². The van der Waals surface area contributed by atoms with Gasteiger partial charge in [0, 0.05) is 31.6 Å². The zero-order valence-electron chi connectivity index (χ0n) is 23.0. The molecule has 1 fully saturated rings. The third-order valence-electron chi connectivity index (χ3n) is 6.77. The Balaban J connectivity index is 1.54. The molecule has 0 bridgehead atoms. The molecule has 36 heavy (non-hydrogen) atoms. The van der Waals surface area contributed by atoms with Crippen molar-refractivity contribution in [3.05, 3.63) is 53.4 Å². The van der Waals surface area contributed by atoms with Crippen molar-refractivity contribution in [3.8, 4) is 0 Å². The smallest absolute Gasteiger partial charge is 0.306 e. The highest BCUT2D eigenvalue weighted by atomic mass is 16.6. The molecule has 1 aliphatic carbocycles. The van der Waals surface area contributed by atoms with Gasteiger partial charge < -0.3 is 18.7 Å². The summed E-state index contributed by atoms with van der Waals surface area (Å²) in [5, 5.41) is 4.40. The Bertz CT molecular complexity index is 924. The van der Waals surface area contributed by atoms with Crippen LogP contribution in [0.25, 0.3) is 0 Å². The summed E-state index contributed by atoms with van der Waals surface area (Å²) >= 11 is 0. The minimum absolute atomic E-state index is 0.0471. The Morgan fingerprint density at radius 2 is 1.86 bits per heavy atom. The molecule has 6 heteroatoms. The van der Waals surface area contributed by atoms with Crippen LogP contribution in [-0.4, -0.2) is 37.1 Å². The van der Waals surface area contributed by atoms with Gasteiger partial charge in [0.15, 0.2) is 0 Å². The Kier molecular flexibility index (Phi) is 10.1. The number of nitrogens with zero attached hydrogens (tertiary/aromatic N) is 1. The number of hydrogen-bond acceptors (Lipinski definition) is 6. The first-order valence-electron chi connectivity index (χ1n) is 13.3. The van der Waals surface area contributed by atoms with E-state index in [1.165, 1.54) is 0 Å². The number of ether oxygens (including phenoxy) is 3. The zero-order chi connectivity index (χ0) is 26.2. The van der Waals surface area contributed by atoms with Crippen molar-refractivity contribution in [3.63, 3.8) is 0 Å². The van der Waals surface area contributed by atoms with Crippen molar-refractivity contribution in [2.45, 2.75) is 97.2 Å². The predicted octanol–water partition coefficient (Wildman–Crippen LogP) is 7.04. The number of aromatic nitrogens is 1. The van der Waals surface area contributed by atoms with Gasteiger partial charge in [-0.05, 0) is 69.8 Å². The lowest BCUT2D eigenvalue weighted by Gasteiger charge is -2.38. The van der Waals surface area contributed by atoms with Gasteiger partial charge in [-0.15, -0.1) is 0 Å². The molecular formula is C30H45NO5. The number of carbonyl (C=O) groups is 1. The van der Waals surface area contributed by atoms with Crippen LogP contribution in [0.4, 0.5) is 0 Å². The molecule has 1 atom stereocenters. The Morgan fingerprint density at radius 1 is 1.14 bits per heavy atom. The van der Waals surface area contributed by atoms with E-state index in [2.05, 4.69) is 37.2 Å². The molecule has 0 aliphatic heterocycles. The summed E-state index contributed by atoms with van der Waals surface area (Å²) in [6.07, 6.45) is 5.31. The third-order valence-corrected chi connectivity index (χ3v) is 6.77. The number of benzene rings is 1.